The maximum absolute atomic E-state index is 9.96. The van der Waals surface area contributed by atoms with Crippen LogP contribution in [-0.2, 0) is 38.5 Å². The highest BCUT2D eigenvalue weighted by atomic mass is 32.1. The lowest BCUT2D eigenvalue weighted by molar-refractivity contribution is 0.0921. The SMILES string of the molecule is CC(C)C(C)Cc1ccccc1.CC(C)CC(C)c1ccccc1.CC(C)CCc1ccco1.CC(C)CCc1cccs1.CC(C)CCc1ccncc1.CC(C)C[C@@H](C)c1ccccc1.CC(C)C[C@H](C)c1ccccc1.CC(C)[C@@H](C)Cc1ccccc1.CC(C)[C@H](C)Cc1ccccc1.CC(C)[C@H](C)[C@H](O)c1ccccc1. The van der Waals surface area contributed by atoms with E-state index in [1.807, 2.05) is 66.2 Å². The van der Waals surface area contributed by atoms with Crippen molar-refractivity contribution in [1.29, 1.82) is 0 Å². The lowest BCUT2D eigenvalue weighted by atomic mass is 9.88. The molecule has 3 nitrogen and oxygen atoms in total. The third kappa shape index (κ3) is 56.1. The fraction of sp³-hybridized carbons (Fsp3) is 0.509. The van der Waals surface area contributed by atoms with Crippen LogP contribution in [0.15, 0.2) is 277 Å². The summed E-state index contributed by atoms with van der Waals surface area (Å²) in [7, 11) is 0. The monoisotopic (exact) mass is 1590 g/mol. The largest absolute Gasteiger partial charge is 0.469 e. The molecule has 4 heteroatoms. The summed E-state index contributed by atoms with van der Waals surface area (Å²) in [6, 6.07) is 86.7. The van der Waals surface area contributed by atoms with E-state index in [9.17, 15) is 5.11 Å². The summed E-state index contributed by atoms with van der Waals surface area (Å²) < 4.78 is 5.18. The molecule has 0 bridgehead atoms. The molecule has 8 atom stereocenters. The second-order valence-electron chi connectivity index (χ2n) is 36.8. The molecular weight excluding hydrogens is 1420 g/mol. The van der Waals surface area contributed by atoms with Crippen molar-refractivity contribution in [2.45, 2.75) is 288 Å². The first kappa shape index (κ1) is 107. The second-order valence-corrected chi connectivity index (χ2v) is 37.9. The molecule has 0 aliphatic heterocycles. The van der Waals surface area contributed by atoms with E-state index >= 15 is 0 Å². The van der Waals surface area contributed by atoms with Crippen LogP contribution in [0.2, 0.25) is 0 Å². The molecule has 1 N–H and O–H groups in total. The van der Waals surface area contributed by atoms with E-state index in [1.54, 1.807) is 6.26 Å². The van der Waals surface area contributed by atoms with Crippen LogP contribution < -0.4 is 0 Å². The number of aliphatic hydroxyl groups excluding tert-OH is 1. The van der Waals surface area contributed by atoms with Gasteiger partial charge in [-0.3, -0.25) is 4.98 Å². The van der Waals surface area contributed by atoms with Crippen LogP contribution in [0.5, 0.6) is 0 Å². The van der Waals surface area contributed by atoms with Crippen molar-refractivity contribution in [2.24, 2.45) is 82.9 Å². The average molecular weight is 1590 g/mol. The number of furan rings is 1. The Morgan fingerprint density at radius 2 is 0.586 bits per heavy atom. The first-order valence-electron chi connectivity index (χ1n) is 45.1. The Balaban J connectivity index is 0.000000645. The number of aromatic nitrogens is 1. The van der Waals surface area contributed by atoms with Crippen molar-refractivity contribution in [2.75, 3.05) is 0 Å². The number of hydrogen-bond donors (Lipinski definition) is 1. The molecule has 2 unspecified atom stereocenters. The van der Waals surface area contributed by atoms with Gasteiger partial charge in [-0.25, -0.2) is 0 Å². The Hall–Kier alpha value is -7.37. The minimum absolute atomic E-state index is 0.308. The fourth-order valence-electron chi connectivity index (χ4n) is 12.6. The van der Waals surface area contributed by atoms with E-state index in [0.29, 0.717) is 29.6 Å². The van der Waals surface area contributed by atoms with Gasteiger partial charge in [-0.15, -0.1) is 11.3 Å². The minimum atomic E-state index is -0.332. The topological polar surface area (TPSA) is 46.3 Å². The van der Waals surface area contributed by atoms with Crippen LogP contribution in [0.4, 0.5) is 0 Å². The molecule has 10 aromatic rings. The van der Waals surface area contributed by atoms with E-state index in [-0.39, 0.29) is 6.10 Å². The quantitative estimate of drug-likeness (QED) is 0.0488. The number of aryl methyl sites for hydroxylation is 3. The van der Waals surface area contributed by atoms with Gasteiger partial charge in [0.2, 0.25) is 0 Å². The predicted octanol–water partition coefficient (Wildman–Crippen LogP) is 34.0. The summed E-state index contributed by atoms with van der Waals surface area (Å²) in [5.41, 5.74) is 11.2. The summed E-state index contributed by atoms with van der Waals surface area (Å²) in [5.74, 6) is 13.5. The third-order valence-electron chi connectivity index (χ3n) is 21.7. The van der Waals surface area contributed by atoms with Crippen molar-refractivity contribution in [3.8, 4) is 0 Å². The number of rotatable bonds is 30. The summed E-state index contributed by atoms with van der Waals surface area (Å²) >= 11 is 1.86. The molecule has 3 aromatic heterocycles. The van der Waals surface area contributed by atoms with E-state index < -0.39 is 0 Å². The number of thiophene rings is 1. The van der Waals surface area contributed by atoms with Gasteiger partial charge in [-0.05, 0) is 251 Å². The molecule has 0 saturated carbocycles. The van der Waals surface area contributed by atoms with Crippen LogP contribution in [0.3, 0.4) is 0 Å². The number of nitrogens with zero attached hydrogens (tertiary/aromatic N) is 1. The van der Waals surface area contributed by atoms with Crippen LogP contribution in [0.25, 0.3) is 0 Å². The molecule has 640 valence electrons. The Morgan fingerprint density at radius 1 is 0.284 bits per heavy atom. The Kier molecular flexibility index (Phi) is 60.3. The summed E-state index contributed by atoms with van der Waals surface area (Å²) in [4.78, 5) is 5.49. The number of benzene rings is 7. The van der Waals surface area contributed by atoms with Crippen molar-refractivity contribution in [3.63, 3.8) is 0 Å². The third-order valence-corrected chi connectivity index (χ3v) is 22.7. The highest BCUT2D eigenvalue weighted by Crippen LogP contribution is 2.29. The molecule has 0 saturated heterocycles. The van der Waals surface area contributed by atoms with Crippen molar-refractivity contribution >= 4 is 11.3 Å². The van der Waals surface area contributed by atoms with Gasteiger partial charge < -0.3 is 9.52 Å². The van der Waals surface area contributed by atoms with Gasteiger partial charge in [0.05, 0.1) is 12.4 Å². The predicted molar refractivity (Wildman–Crippen MR) is 518 cm³/mol. The Labute approximate surface area is 719 Å². The molecule has 116 heavy (non-hydrogen) atoms. The second kappa shape index (κ2) is 65.6. The molecule has 0 aliphatic carbocycles. The number of aliphatic hydroxyl groups is 1. The first-order valence-corrected chi connectivity index (χ1v) is 46.0. The maximum atomic E-state index is 9.96. The number of pyridine rings is 1. The van der Waals surface area contributed by atoms with Gasteiger partial charge >= 0.3 is 0 Å². The zero-order valence-corrected chi connectivity index (χ0v) is 79.4. The summed E-state index contributed by atoms with van der Waals surface area (Å²) in [6.07, 6.45) is 19.9. The molecule has 0 aliphatic rings. The Morgan fingerprint density at radius 3 is 0.853 bits per heavy atom. The maximum Gasteiger partial charge on any atom is 0.103 e. The molecule has 0 amide bonds. The number of hydrogen-bond acceptors (Lipinski definition) is 4. The normalized spacial score (nSPS) is 12.9. The van der Waals surface area contributed by atoms with E-state index in [1.165, 1.54) is 114 Å². The molecular formula is C112H169NO2S. The van der Waals surface area contributed by atoms with E-state index in [2.05, 4.69) is 404 Å². The van der Waals surface area contributed by atoms with Crippen molar-refractivity contribution in [3.05, 3.63) is 328 Å². The minimum Gasteiger partial charge on any atom is -0.469 e. The summed E-state index contributed by atoms with van der Waals surface area (Å²) in [6.45, 7) is 61.1. The van der Waals surface area contributed by atoms with E-state index in [4.69, 9.17) is 4.42 Å². The molecule has 0 radical (unpaired) electrons. The lowest BCUT2D eigenvalue weighted by Crippen LogP contribution is -2.14. The van der Waals surface area contributed by atoms with Gasteiger partial charge in [0.25, 0.3) is 0 Å². The van der Waals surface area contributed by atoms with Crippen LogP contribution in [0, 0.1) is 82.9 Å². The van der Waals surface area contributed by atoms with Gasteiger partial charge in [-0.2, -0.15) is 0 Å². The summed E-state index contributed by atoms with van der Waals surface area (Å²) in [5, 5.41) is 12.1. The molecule has 7 aromatic carbocycles. The molecule has 10 rings (SSSR count). The van der Waals surface area contributed by atoms with Gasteiger partial charge in [0.15, 0.2) is 0 Å². The van der Waals surface area contributed by atoms with Crippen LogP contribution in [-0.4, -0.2) is 10.1 Å². The molecule has 3 heterocycles. The highest BCUT2D eigenvalue weighted by Gasteiger charge is 2.19. The van der Waals surface area contributed by atoms with Gasteiger partial charge in [0, 0.05) is 23.7 Å². The standard InChI is InChI=1S/C12H18O.6C12H18.C10H15N.C9H14O.C9H14S/c1-9(2)10(3)12(13)11-7-5-4-6-8-11;3*1-10(2)11(3)9-12-7-5-4-6-8-12;3*1-10(2)9-11(3)12-7-5-4-6-8-12;1-9(2)3-4-10-5-7-11-8-6-10;2*1-8(2)5-6-9-4-3-7-10-9/h4-10,12-13H,1-3H3;6*4-8,10-11H,9H2,1-3H3;5-9H,3-4H2,1-2H3;2*3-4,7-8H,5-6H2,1-2H3/t10-,12-;2*11-;;2*11-;;;;/m010.10..../s1. The average Bonchev–Trinajstić information content (AvgIpc) is 1.07. The fourth-order valence-corrected chi connectivity index (χ4v) is 13.4. The molecule has 0 fully saturated rings. The smallest absolute Gasteiger partial charge is 0.103 e. The van der Waals surface area contributed by atoms with Gasteiger partial charge in [-0.1, -0.05) is 405 Å². The van der Waals surface area contributed by atoms with Crippen molar-refractivity contribution < 1.29 is 9.52 Å². The molecule has 0 spiro atoms. The Bertz CT molecular complexity index is 3390. The lowest BCUT2D eigenvalue weighted by Gasteiger charge is -2.22. The van der Waals surface area contributed by atoms with Gasteiger partial charge in [0.1, 0.15) is 5.76 Å². The van der Waals surface area contributed by atoms with E-state index in [0.717, 1.165) is 88.8 Å². The van der Waals surface area contributed by atoms with Crippen molar-refractivity contribution in [1.82, 2.24) is 4.98 Å². The highest BCUT2D eigenvalue weighted by molar-refractivity contribution is 7.09. The zero-order valence-electron chi connectivity index (χ0n) is 78.6. The van der Waals surface area contributed by atoms with Crippen LogP contribution >= 0.6 is 11.3 Å². The zero-order chi connectivity index (χ0) is 86.6. The van der Waals surface area contributed by atoms with Crippen LogP contribution in [0.1, 0.15) is 304 Å². The first-order chi connectivity index (χ1) is 55.2.